The second-order valence-electron chi connectivity index (χ2n) is 4.95. The van der Waals surface area contributed by atoms with E-state index < -0.39 is 0 Å². The molecule has 1 aromatic carbocycles. The number of hydrogen-bond donors (Lipinski definition) is 1. The van der Waals surface area contributed by atoms with Crippen molar-refractivity contribution >= 4 is 23.0 Å². The maximum absolute atomic E-state index is 12.0. The fraction of sp³-hybridized carbons (Fsp3) is 0.375. The molecule has 2 rings (SSSR count). The zero-order valence-electron chi connectivity index (χ0n) is 12.1. The second-order valence-corrected chi connectivity index (χ2v) is 4.95. The number of carbonyl (C=O) groups is 2. The van der Waals surface area contributed by atoms with Crippen molar-refractivity contribution in [2.75, 3.05) is 19.5 Å². The van der Waals surface area contributed by atoms with Gasteiger partial charge in [0.25, 0.3) is 0 Å². The number of benzene rings is 1. The molecule has 0 heterocycles. The highest BCUT2D eigenvalue weighted by Gasteiger charge is 2.21. The van der Waals surface area contributed by atoms with Gasteiger partial charge in [-0.25, -0.2) is 0 Å². The lowest BCUT2D eigenvalue weighted by atomic mass is 10.0. The average Bonchev–Trinajstić information content (AvgIpc) is 3.23. The normalized spacial score (nSPS) is 12.8. The van der Waals surface area contributed by atoms with Gasteiger partial charge in [-0.05, 0) is 37.5 Å². The minimum absolute atomic E-state index is 0.0632. The third-order valence-electron chi connectivity index (χ3n) is 3.29. The summed E-state index contributed by atoms with van der Waals surface area (Å²) in [4.78, 5) is 23.1. The van der Waals surface area contributed by atoms with Crippen LogP contribution in [-0.2, 0) is 9.53 Å². The number of nitrogens with one attached hydrogen (secondary N) is 1. The molecule has 1 aromatic rings. The van der Waals surface area contributed by atoms with Crippen LogP contribution in [-0.4, -0.2) is 25.7 Å². The van der Waals surface area contributed by atoms with Crippen LogP contribution in [0.3, 0.4) is 0 Å². The van der Waals surface area contributed by atoms with E-state index in [-0.39, 0.29) is 18.0 Å². The highest BCUT2D eigenvalue weighted by molar-refractivity contribution is 6.10. The Morgan fingerprint density at radius 3 is 2.50 bits per heavy atom. The average molecular weight is 273 g/mol. The summed E-state index contributed by atoms with van der Waals surface area (Å²) < 4.78 is 5.44. The van der Waals surface area contributed by atoms with Crippen LogP contribution in [0.1, 0.15) is 42.1 Å². The van der Waals surface area contributed by atoms with Crippen molar-refractivity contribution in [2.45, 2.75) is 26.2 Å². The molecule has 0 amide bonds. The van der Waals surface area contributed by atoms with Crippen molar-refractivity contribution in [3.63, 3.8) is 0 Å². The van der Waals surface area contributed by atoms with Gasteiger partial charge in [0.15, 0.2) is 5.78 Å². The van der Waals surface area contributed by atoms with E-state index in [4.69, 9.17) is 4.74 Å². The monoisotopic (exact) mass is 273 g/mol. The molecule has 0 atom stereocenters. The molecule has 1 N–H and O–H groups in total. The van der Waals surface area contributed by atoms with E-state index in [1.807, 2.05) is 12.1 Å². The Labute approximate surface area is 118 Å². The number of ether oxygens (including phenoxy) is 1. The number of ketones is 2. The summed E-state index contributed by atoms with van der Waals surface area (Å²) in [6, 6.07) is 5.53. The van der Waals surface area contributed by atoms with E-state index in [9.17, 15) is 9.59 Å². The molecule has 0 bridgehead atoms. The number of methoxy groups -OCH3 is 1. The molecule has 4 heteroatoms. The molecule has 0 aliphatic heterocycles. The Bertz CT molecular complexity index is 581. The van der Waals surface area contributed by atoms with Gasteiger partial charge in [0.2, 0.25) is 0 Å². The number of hydrogen-bond acceptors (Lipinski definition) is 4. The maximum Gasteiger partial charge on any atom is 0.172 e. The molecule has 4 nitrogen and oxygen atoms in total. The fourth-order valence-electron chi connectivity index (χ4n) is 2.21. The SMILES string of the molecule is CNc1cc(C(OC)=C2CC2)ccc1C(=O)CC(C)=O. The molecule has 0 spiro atoms. The van der Waals surface area contributed by atoms with E-state index in [2.05, 4.69) is 5.32 Å². The first-order valence-electron chi connectivity index (χ1n) is 6.67. The number of Topliss-reactive ketones (excluding diaryl/α,β-unsaturated/α-hetero) is 2. The zero-order chi connectivity index (χ0) is 14.7. The van der Waals surface area contributed by atoms with Gasteiger partial charge in [-0.2, -0.15) is 0 Å². The van der Waals surface area contributed by atoms with Gasteiger partial charge in [-0.15, -0.1) is 0 Å². The first-order valence-corrected chi connectivity index (χ1v) is 6.67. The minimum Gasteiger partial charge on any atom is -0.496 e. The predicted molar refractivity (Wildman–Crippen MR) is 78.8 cm³/mol. The Morgan fingerprint density at radius 1 is 1.30 bits per heavy atom. The molecule has 0 aromatic heterocycles. The van der Waals surface area contributed by atoms with Crippen molar-refractivity contribution in [1.82, 2.24) is 0 Å². The van der Waals surface area contributed by atoms with Crippen LogP contribution in [0.2, 0.25) is 0 Å². The summed E-state index contributed by atoms with van der Waals surface area (Å²) >= 11 is 0. The van der Waals surface area contributed by atoms with Gasteiger partial charge < -0.3 is 10.1 Å². The van der Waals surface area contributed by atoms with E-state index in [0.29, 0.717) is 5.56 Å². The fourth-order valence-corrected chi connectivity index (χ4v) is 2.21. The van der Waals surface area contributed by atoms with Gasteiger partial charge in [0.05, 0.1) is 13.5 Å². The smallest absolute Gasteiger partial charge is 0.172 e. The summed E-state index contributed by atoms with van der Waals surface area (Å²) in [6.07, 6.45) is 2.08. The molecular weight excluding hydrogens is 254 g/mol. The topological polar surface area (TPSA) is 55.4 Å². The standard InChI is InChI=1S/C16H19NO3/c1-10(18)8-15(19)13-7-6-12(9-14(13)17-2)16(20-3)11-4-5-11/h6-7,9,17H,4-5,8H2,1-3H3. The van der Waals surface area contributed by atoms with Crippen molar-refractivity contribution in [3.05, 3.63) is 34.9 Å². The number of anilines is 1. The summed E-state index contributed by atoms with van der Waals surface area (Å²) in [5.41, 5.74) is 3.54. The molecule has 0 saturated heterocycles. The highest BCUT2D eigenvalue weighted by atomic mass is 16.5. The maximum atomic E-state index is 12.0. The van der Waals surface area contributed by atoms with Crippen molar-refractivity contribution in [3.8, 4) is 0 Å². The summed E-state index contributed by atoms with van der Waals surface area (Å²) in [6.45, 7) is 1.42. The Balaban J connectivity index is 2.35. The lowest BCUT2D eigenvalue weighted by Crippen LogP contribution is -2.08. The first-order chi connectivity index (χ1) is 9.56. The van der Waals surface area contributed by atoms with Crippen molar-refractivity contribution in [1.29, 1.82) is 0 Å². The van der Waals surface area contributed by atoms with Gasteiger partial charge >= 0.3 is 0 Å². The van der Waals surface area contributed by atoms with Crippen molar-refractivity contribution in [2.24, 2.45) is 0 Å². The predicted octanol–water partition coefficient (Wildman–Crippen LogP) is 3.04. The molecule has 1 aliphatic carbocycles. The molecular formula is C16H19NO3. The lowest BCUT2D eigenvalue weighted by molar-refractivity contribution is -0.116. The molecule has 20 heavy (non-hydrogen) atoms. The highest BCUT2D eigenvalue weighted by Crippen LogP contribution is 2.37. The number of rotatable bonds is 6. The van der Waals surface area contributed by atoms with Crippen LogP contribution in [0, 0.1) is 0 Å². The van der Waals surface area contributed by atoms with E-state index in [1.165, 1.54) is 12.5 Å². The summed E-state index contributed by atoms with van der Waals surface area (Å²) in [7, 11) is 3.43. The van der Waals surface area contributed by atoms with E-state index in [1.54, 1.807) is 20.2 Å². The zero-order valence-corrected chi connectivity index (χ0v) is 12.1. The molecule has 1 saturated carbocycles. The third-order valence-corrected chi connectivity index (χ3v) is 3.29. The number of carbonyl (C=O) groups excluding carboxylic acids is 2. The Kier molecular flexibility index (Phi) is 4.23. The molecule has 106 valence electrons. The van der Waals surface area contributed by atoms with Gasteiger partial charge in [0.1, 0.15) is 11.5 Å². The molecule has 1 fully saturated rings. The van der Waals surface area contributed by atoms with E-state index in [0.717, 1.165) is 29.9 Å². The summed E-state index contributed by atoms with van der Waals surface area (Å²) in [5, 5.41) is 3.02. The lowest BCUT2D eigenvalue weighted by Gasteiger charge is -2.12. The first kappa shape index (κ1) is 14.3. The van der Waals surface area contributed by atoms with Crippen LogP contribution >= 0.6 is 0 Å². The minimum atomic E-state index is -0.161. The molecule has 0 radical (unpaired) electrons. The van der Waals surface area contributed by atoms with Gasteiger partial charge in [-0.3, -0.25) is 9.59 Å². The number of allylic oxidation sites excluding steroid dienone is 1. The summed E-state index contributed by atoms with van der Waals surface area (Å²) in [5.74, 6) is 0.609. The molecule has 0 unspecified atom stereocenters. The Morgan fingerprint density at radius 2 is 2.00 bits per heavy atom. The molecule has 1 aliphatic rings. The Hall–Kier alpha value is -2.10. The van der Waals surface area contributed by atoms with Crippen LogP contribution in [0.4, 0.5) is 5.69 Å². The van der Waals surface area contributed by atoms with Crippen LogP contribution in [0.25, 0.3) is 5.76 Å². The van der Waals surface area contributed by atoms with Crippen LogP contribution < -0.4 is 5.32 Å². The van der Waals surface area contributed by atoms with Gasteiger partial charge in [-0.1, -0.05) is 6.07 Å². The van der Waals surface area contributed by atoms with Gasteiger partial charge in [0, 0.05) is 23.9 Å². The largest absolute Gasteiger partial charge is 0.496 e. The third kappa shape index (κ3) is 3.07. The van der Waals surface area contributed by atoms with Crippen LogP contribution in [0.5, 0.6) is 0 Å². The second kappa shape index (κ2) is 5.90. The quantitative estimate of drug-likeness (QED) is 0.492. The van der Waals surface area contributed by atoms with E-state index >= 15 is 0 Å². The van der Waals surface area contributed by atoms with Crippen LogP contribution in [0.15, 0.2) is 23.8 Å². The van der Waals surface area contributed by atoms with Crippen molar-refractivity contribution < 1.29 is 14.3 Å².